The molecule has 0 saturated carbocycles. The first-order valence-electron chi connectivity index (χ1n) is 12.7. The van der Waals surface area contributed by atoms with E-state index in [1.807, 2.05) is 24.4 Å². The van der Waals surface area contributed by atoms with E-state index in [-0.39, 0.29) is 26.2 Å². The Hall–Kier alpha value is -4.05. The number of carbonyl (C=O) groups is 2. The van der Waals surface area contributed by atoms with Crippen LogP contribution in [0.15, 0.2) is 79.0 Å². The van der Waals surface area contributed by atoms with Gasteiger partial charge in [-0.3, -0.25) is 15.1 Å². The maximum Gasteiger partial charge on any atom is 0.409 e. The smallest absolute Gasteiger partial charge is 0.409 e. The number of amides is 2. The number of aromatic nitrogens is 1. The molecular formula is C29H33F2N3O5. The summed E-state index contributed by atoms with van der Waals surface area (Å²) in [4.78, 5) is 29.0. The van der Waals surface area contributed by atoms with E-state index in [1.165, 1.54) is 0 Å². The molecule has 1 heterocycles. The zero-order valence-electron chi connectivity index (χ0n) is 21.7. The minimum absolute atomic E-state index is 0.00977. The summed E-state index contributed by atoms with van der Waals surface area (Å²) in [6.07, 6.45) is 0.934. The zero-order chi connectivity index (χ0) is 28.1. The molecule has 2 aromatic carbocycles. The van der Waals surface area contributed by atoms with E-state index in [4.69, 9.17) is 9.47 Å². The van der Waals surface area contributed by atoms with Gasteiger partial charge in [-0.05, 0) is 48.2 Å². The molecule has 3 rings (SSSR count). The molecule has 8 nitrogen and oxygen atoms in total. The minimum atomic E-state index is -4.36. The third-order valence-electron chi connectivity index (χ3n) is 5.95. The number of halogens is 2. The Bertz CT molecular complexity index is 1180. The van der Waals surface area contributed by atoms with E-state index in [9.17, 15) is 14.7 Å². The van der Waals surface area contributed by atoms with Crippen LogP contribution < -0.4 is 15.4 Å². The van der Waals surface area contributed by atoms with Crippen molar-refractivity contribution in [1.82, 2.24) is 15.6 Å². The molecule has 0 radical (unpaired) electrons. The summed E-state index contributed by atoms with van der Waals surface area (Å²) in [5, 5.41) is 15.0. The predicted octanol–water partition coefficient (Wildman–Crippen LogP) is 4.76. The van der Waals surface area contributed by atoms with Gasteiger partial charge in [-0.1, -0.05) is 61.9 Å². The number of benzene rings is 2. The summed E-state index contributed by atoms with van der Waals surface area (Å²) >= 11 is 0. The largest absolute Gasteiger partial charge is 0.487 e. The van der Waals surface area contributed by atoms with E-state index in [1.54, 1.807) is 66.9 Å². The number of nitrogens with one attached hydrogen (secondary N) is 2. The highest BCUT2D eigenvalue weighted by molar-refractivity contribution is 5.85. The molecule has 2 amide bonds. The van der Waals surface area contributed by atoms with Crippen molar-refractivity contribution in [2.45, 2.75) is 57.4 Å². The Balaban J connectivity index is 1.67. The molecule has 39 heavy (non-hydrogen) atoms. The first-order valence-corrected chi connectivity index (χ1v) is 12.7. The molecule has 1 atom stereocenters. The van der Waals surface area contributed by atoms with Crippen LogP contribution in [0, 0.1) is 0 Å². The lowest BCUT2D eigenvalue weighted by molar-refractivity contribution is -0.202. The average molecular weight is 542 g/mol. The Labute approximate surface area is 226 Å². The van der Waals surface area contributed by atoms with Gasteiger partial charge in [-0.2, -0.15) is 8.78 Å². The van der Waals surface area contributed by atoms with Gasteiger partial charge in [0.15, 0.2) is 0 Å². The van der Waals surface area contributed by atoms with E-state index in [2.05, 4.69) is 10.3 Å². The van der Waals surface area contributed by atoms with Crippen LogP contribution in [0.1, 0.15) is 43.0 Å². The van der Waals surface area contributed by atoms with Gasteiger partial charge in [-0.25, -0.2) is 4.79 Å². The fourth-order valence-corrected chi connectivity index (χ4v) is 3.61. The number of pyridine rings is 1. The number of rotatable bonds is 14. The van der Waals surface area contributed by atoms with Crippen molar-refractivity contribution in [3.05, 3.63) is 95.8 Å². The lowest BCUT2D eigenvalue weighted by Gasteiger charge is -2.35. The molecule has 0 aliphatic heterocycles. The quantitative estimate of drug-likeness (QED) is 0.201. The van der Waals surface area contributed by atoms with E-state index >= 15 is 8.78 Å². The highest BCUT2D eigenvalue weighted by atomic mass is 19.3. The normalized spacial score (nSPS) is 12.7. The number of hydrogen-bond acceptors (Lipinski definition) is 6. The summed E-state index contributed by atoms with van der Waals surface area (Å²) in [6, 6.07) is 20.6. The fourth-order valence-electron chi connectivity index (χ4n) is 3.61. The first kappa shape index (κ1) is 29.5. The van der Waals surface area contributed by atoms with Crippen molar-refractivity contribution in [3.8, 4) is 5.75 Å². The monoisotopic (exact) mass is 541 g/mol. The molecule has 0 aliphatic rings. The fraction of sp³-hybridized carbons (Fsp3) is 0.345. The number of hydrogen-bond donors (Lipinski definition) is 3. The Morgan fingerprint density at radius 1 is 0.974 bits per heavy atom. The second kappa shape index (κ2) is 14.2. The number of unbranched alkanes of at least 4 members (excludes halogenated alkanes) is 1. The molecule has 0 aliphatic carbocycles. The molecule has 0 fully saturated rings. The van der Waals surface area contributed by atoms with Crippen molar-refractivity contribution in [1.29, 1.82) is 0 Å². The van der Waals surface area contributed by atoms with Gasteiger partial charge in [0.05, 0.1) is 12.3 Å². The SMILES string of the molecule is CCCCOC(=O)NC(O)(CCc1ccc(OCc2ccccn2)cc1)C(F)(F)C(=O)NCc1ccccc1. The highest BCUT2D eigenvalue weighted by Crippen LogP contribution is 2.32. The third-order valence-corrected chi connectivity index (χ3v) is 5.95. The molecule has 0 saturated heterocycles. The summed E-state index contributed by atoms with van der Waals surface area (Å²) in [5.74, 6) is -5.54. The molecule has 3 N–H and O–H groups in total. The predicted molar refractivity (Wildman–Crippen MR) is 141 cm³/mol. The lowest BCUT2D eigenvalue weighted by Crippen LogP contribution is -2.66. The van der Waals surface area contributed by atoms with Gasteiger partial charge < -0.3 is 19.9 Å². The standard InChI is InChI=1S/C29H33F2N3O5/c1-2-3-19-38-27(36)34-28(37,29(30,31)26(35)33-20-23-9-5-4-6-10-23)17-16-22-12-14-25(15-13-22)39-21-24-11-7-8-18-32-24/h4-15,18,37H,2-3,16-17,19-21H2,1H3,(H,33,35)(H,34,36). The minimum Gasteiger partial charge on any atom is -0.487 e. The van der Waals surface area contributed by atoms with Crippen LogP contribution in [-0.2, 0) is 29.1 Å². The van der Waals surface area contributed by atoms with E-state index in [0.29, 0.717) is 23.3 Å². The third kappa shape index (κ3) is 8.75. The van der Waals surface area contributed by atoms with Crippen molar-refractivity contribution in [2.75, 3.05) is 6.61 Å². The number of aryl methyl sites for hydroxylation is 1. The zero-order valence-corrected chi connectivity index (χ0v) is 21.7. The summed E-state index contributed by atoms with van der Waals surface area (Å²) in [6.45, 7) is 1.95. The van der Waals surface area contributed by atoms with E-state index in [0.717, 1.165) is 12.1 Å². The number of aliphatic hydroxyl groups is 1. The van der Waals surface area contributed by atoms with Gasteiger partial charge >= 0.3 is 12.0 Å². The van der Waals surface area contributed by atoms with Crippen molar-refractivity contribution in [3.63, 3.8) is 0 Å². The topological polar surface area (TPSA) is 110 Å². The average Bonchev–Trinajstić information content (AvgIpc) is 2.95. The Kier molecular flexibility index (Phi) is 10.7. The molecular weight excluding hydrogens is 508 g/mol. The summed E-state index contributed by atoms with van der Waals surface area (Å²) < 4.78 is 41.4. The summed E-state index contributed by atoms with van der Waals surface area (Å²) in [7, 11) is 0. The van der Waals surface area contributed by atoms with Gasteiger partial charge in [-0.15, -0.1) is 0 Å². The number of ether oxygens (including phenoxy) is 2. The van der Waals surface area contributed by atoms with Crippen LogP contribution in [-0.4, -0.2) is 40.3 Å². The number of carbonyl (C=O) groups excluding carboxylic acids is 2. The maximum absolute atomic E-state index is 15.4. The second-order valence-electron chi connectivity index (χ2n) is 8.97. The maximum atomic E-state index is 15.4. The van der Waals surface area contributed by atoms with Crippen LogP contribution >= 0.6 is 0 Å². The van der Waals surface area contributed by atoms with Crippen LogP contribution in [0.3, 0.4) is 0 Å². The molecule has 0 spiro atoms. The molecule has 1 unspecified atom stereocenters. The first-order chi connectivity index (χ1) is 18.7. The van der Waals surface area contributed by atoms with Crippen LogP contribution in [0.5, 0.6) is 5.75 Å². The molecule has 1 aromatic heterocycles. The Morgan fingerprint density at radius 2 is 1.69 bits per heavy atom. The van der Waals surface area contributed by atoms with Crippen LogP contribution in [0.25, 0.3) is 0 Å². The van der Waals surface area contributed by atoms with Gasteiger partial charge in [0.1, 0.15) is 12.4 Å². The lowest BCUT2D eigenvalue weighted by atomic mass is 9.95. The summed E-state index contributed by atoms with van der Waals surface area (Å²) in [5.41, 5.74) is -1.27. The molecule has 3 aromatic rings. The van der Waals surface area contributed by atoms with Crippen molar-refractivity contribution >= 4 is 12.0 Å². The molecule has 10 heteroatoms. The van der Waals surface area contributed by atoms with E-state index < -0.39 is 30.1 Å². The number of nitrogens with zero attached hydrogens (tertiary/aromatic N) is 1. The van der Waals surface area contributed by atoms with Gasteiger partial charge in [0.2, 0.25) is 5.72 Å². The van der Waals surface area contributed by atoms with Crippen molar-refractivity contribution in [2.24, 2.45) is 0 Å². The second-order valence-corrected chi connectivity index (χ2v) is 8.97. The number of alkyl carbamates (subject to hydrolysis) is 1. The van der Waals surface area contributed by atoms with Crippen LogP contribution in [0.4, 0.5) is 13.6 Å². The van der Waals surface area contributed by atoms with Gasteiger partial charge in [0, 0.05) is 19.2 Å². The number of alkyl halides is 2. The van der Waals surface area contributed by atoms with Crippen molar-refractivity contribution < 1.29 is 33.0 Å². The highest BCUT2D eigenvalue weighted by Gasteiger charge is 2.59. The van der Waals surface area contributed by atoms with Gasteiger partial charge in [0.25, 0.3) is 5.91 Å². The Morgan fingerprint density at radius 3 is 2.36 bits per heavy atom. The molecule has 0 bridgehead atoms. The van der Waals surface area contributed by atoms with Crippen LogP contribution in [0.2, 0.25) is 0 Å². The molecule has 208 valence electrons.